The first kappa shape index (κ1) is 11.0. The van der Waals surface area contributed by atoms with E-state index >= 15 is 0 Å². The van der Waals surface area contributed by atoms with Gasteiger partial charge in [-0.05, 0) is 13.0 Å². The SMILES string of the molecule is CC(Nc1nccs1)c1cccc(F)c1F. The smallest absolute Gasteiger partial charge is 0.183 e. The van der Waals surface area contributed by atoms with Crippen LogP contribution in [0.5, 0.6) is 0 Å². The van der Waals surface area contributed by atoms with Gasteiger partial charge in [0.05, 0.1) is 6.04 Å². The molecule has 5 heteroatoms. The molecule has 1 heterocycles. The van der Waals surface area contributed by atoms with Gasteiger partial charge in [-0.2, -0.15) is 0 Å². The van der Waals surface area contributed by atoms with Crippen LogP contribution in [-0.4, -0.2) is 4.98 Å². The maximum atomic E-state index is 13.4. The van der Waals surface area contributed by atoms with Crippen LogP contribution in [-0.2, 0) is 0 Å². The molecule has 0 saturated carbocycles. The molecule has 84 valence electrons. The molecule has 1 aromatic heterocycles. The summed E-state index contributed by atoms with van der Waals surface area (Å²) in [6.45, 7) is 1.76. The minimum atomic E-state index is -0.828. The lowest BCUT2D eigenvalue weighted by molar-refractivity contribution is 0.494. The van der Waals surface area contributed by atoms with E-state index in [0.717, 1.165) is 6.07 Å². The van der Waals surface area contributed by atoms with E-state index in [1.54, 1.807) is 19.2 Å². The first-order chi connectivity index (χ1) is 7.68. The van der Waals surface area contributed by atoms with Gasteiger partial charge in [-0.25, -0.2) is 13.8 Å². The normalized spacial score (nSPS) is 12.4. The Hall–Kier alpha value is -1.49. The number of benzene rings is 1. The van der Waals surface area contributed by atoms with Crippen LogP contribution in [0.15, 0.2) is 29.8 Å². The van der Waals surface area contributed by atoms with Crippen LogP contribution in [0.3, 0.4) is 0 Å². The number of thiazole rings is 1. The molecule has 1 unspecified atom stereocenters. The van der Waals surface area contributed by atoms with E-state index < -0.39 is 11.6 Å². The van der Waals surface area contributed by atoms with E-state index in [2.05, 4.69) is 10.3 Å². The van der Waals surface area contributed by atoms with Crippen molar-refractivity contribution >= 4 is 16.5 Å². The van der Waals surface area contributed by atoms with Crippen molar-refractivity contribution < 1.29 is 8.78 Å². The third kappa shape index (κ3) is 2.19. The molecule has 2 rings (SSSR count). The molecule has 1 atom stereocenters. The zero-order chi connectivity index (χ0) is 11.5. The molecule has 0 bridgehead atoms. The first-order valence-corrected chi connectivity index (χ1v) is 5.66. The van der Waals surface area contributed by atoms with Gasteiger partial charge in [-0.3, -0.25) is 0 Å². The largest absolute Gasteiger partial charge is 0.355 e. The van der Waals surface area contributed by atoms with Crippen LogP contribution in [0.2, 0.25) is 0 Å². The maximum absolute atomic E-state index is 13.4. The number of nitrogens with one attached hydrogen (secondary N) is 1. The Bertz CT molecular complexity index is 471. The summed E-state index contributed by atoms with van der Waals surface area (Å²) in [5.74, 6) is -1.63. The average molecular weight is 240 g/mol. The summed E-state index contributed by atoms with van der Waals surface area (Å²) < 4.78 is 26.5. The summed E-state index contributed by atoms with van der Waals surface area (Å²) in [5, 5.41) is 5.51. The van der Waals surface area contributed by atoms with Gasteiger partial charge in [0, 0.05) is 17.1 Å². The highest BCUT2D eigenvalue weighted by molar-refractivity contribution is 7.13. The Morgan fingerprint density at radius 3 is 2.88 bits per heavy atom. The second-order valence-electron chi connectivity index (χ2n) is 3.35. The highest BCUT2D eigenvalue weighted by Gasteiger charge is 2.14. The van der Waals surface area contributed by atoms with Gasteiger partial charge >= 0.3 is 0 Å². The number of halogens is 2. The molecule has 2 nitrogen and oxygen atoms in total. The number of hydrogen-bond acceptors (Lipinski definition) is 3. The van der Waals surface area contributed by atoms with Crippen molar-refractivity contribution in [3.8, 4) is 0 Å². The van der Waals surface area contributed by atoms with Gasteiger partial charge in [-0.15, -0.1) is 11.3 Å². The van der Waals surface area contributed by atoms with Crippen LogP contribution in [0.25, 0.3) is 0 Å². The second-order valence-corrected chi connectivity index (χ2v) is 4.24. The van der Waals surface area contributed by atoms with Crippen molar-refractivity contribution in [2.24, 2.45) is 0 Å². The summed E-state index contributed by atoms with van der Waals surface area (Å²) >= 11 is 1.42. The van der Waals surface area contributed by atoms with Gasteiger partial charge in [-0.1, -0.05) is 12.1 Å². The molecule has 0 amide bonds. The Morgan fingerprint density at radius 1 is 1.38 bits per heavy atom. The third-order valence-electron chi connectivity index (χ3n) is 2.22. The van der Waals surface area contributed by atoms with Crippen molar-refractivity contribution in [3.63, 3.8) is 0 Å². The summed E-state index contributed by atoms with van der Waals surface area (Å²) in [7, 11) is 0. The van der Waals surface area contributed by atoms with Crippen molar-refractivity contribution in [2.45, 2.75) is 13.0 Å². The predicted octanol–water partition coefficient (Wildman–Crippen LogP) is 3.59. The molecule has 1 N–H and O–H groups in total. The standard InChI is InChI=1S/C11H10F2N2S/c1-7(15-11-14-5-6-16-11)8-3-2-4-9(12)10(8)13/h2-7H,1H3,(H,14,15). The minimum absolute atomic E-state index is 0.301. The molecule has 0 aliphatic carbocycles. The molecule has 0 aliphatic heterocycles. The Labute approximate surface area is 96.0 Å². The molecule has 16 heavy (non-hydrogen) atoms. The lowest BCUT2D eigenvalue weighted by Gasteiger charge is -2.14. The van der Waals surface area contributed by atoms with E-state index in [1.165, 1.54) is 17.4 Å². The fraction of sp³-hybridized carbons (Fsp3) is 0.182. The molecule has 1 aromatic carbocycles. The highest BCUT2D eigenvalue weighted by atomic mass is 32.1. The first-order valence-electron chi connectivity index (χ1n) is 4.78. The quantitative estimate of drug-likeness (QED) is 0.886. The molecule has 2 aromatic rings. The van der Waals surface area contributed by atoms with E-state index in [0.29, 0.717) is 10.7 Å². The Balaban J connectivity index is 2.21. The number of rotatable bonds is 3. The fourth-order valence-corrected chi connectivity index (χ4v) is 2.03. The predicted molar refractivity (Wildman–Crippen MR) is 60.5 cm³/mol. The van der Waals surface area contributed by atoms with E-state index in [-0.39, 0.29) is 6.04 Å². The van der Waals surface area contributed by atoms with Crippen LogP contribution >= 0.6 is 11.3 Å². The third-order valence-corrected chi connectivity index (χ3v) is 2.92. The van der Waals surface area contributed by atoms with Crippen molar-refractivity contribution in [3.05, 3.63) is 47.0 Å². The van der Waals surface area contributed by atoms with Gasteiger partial charge in [0.2, 0.25) is 0 Å². The molecule has 0 aliphatic rings. The minimum Gasteiger partial charge on any atom is -0.355 e. The van der Waals surface area contributed by atoms with Crippen LogP contribution < -0.4 is 5.32 Å². The van der Waals surface area contributed by atoms with E-state index in [9.17, 15) is 8.78 Å². The summed E-state index contributed by atoms with van der Waals surface area (Å²) in [4.78, 5) is 4.03. The molecule has 0 radical (unpaired) electrons. The zero-order valence-corrected chi connectivity index (χ0v) is 9.39. The monoisotopic (exact) mass is 240 g/mol. The zero-order valence-electron chi connectivity index (χ0n) is 8.58. The summed E-state index contributed by atoms with van der Waals surface area (Å²) in [6, 6.07) is 3.84. The van der Waals surface area contributed by atoms with Crippen LogP contribution in [0, 0.1) is 11.6 Å². The van der Waals surface area contributed by atoms with Gasteiger partial charge in [0.15, 0.2) is 16.8 Å². The number of hydrogen-bond donors (Lipinski definition) is 1. The lowest BCUT2D eigenvalue weighted by atomic mass is 10.1. The molecule has 0 fully saturated rings. The number of aromatic nitrogens is 1. The van der Waals surface area contributed by atoms with Crippen molar-refractivity contribution in [2.75, 3.05) is 5.32 Å². The average Bonchev–Trinajstić information content (AvgIpc) is 2.74. The summed E-state index contributed by atoms with van der Waals surface area (Å²) in [5.41, 5.74) is 0.301. The van der Waals surface area contributed by atoms with Gasteiger partial charge in [0.1, 0.15) is 0 Å². The second kappa shape index (κ2) is 4.57. The molecular weight excluding hydrogens is 230 g/mol. The molecular formula is C11H10F2N2S. The van der Waals surface area contributed by atoms with Crippen molar-refractivity contribution in [1.82, 2.24) is 4.98 Å². The van der Waals surface area contributed by atoms with Crippen LogP contribution in [0.4, 0.5) is 13.9 Å². The highest BCUT2D eigenvalue weighted by Crippen LogP contribution is 2.23. The fourth-order valence-electron chi connectivity index (χ4n) is 1.41. The van der Waals surface area contributed by atoms with Gasteiger partial charge < -0.3 is 5.32 Å². The summed E-state index contributed by atoms with van der Waals surface area (Å²) in [6.07, 6.45) is 1.65. The van der Waals surface area contributed by atoms with Gasteiger partial charge in [0.25, 0.3) is 0 Å². The lowest BCUT2D eigenvalue weighted by Crippen LogP contribution is -2.09. The topological polar surface area (TPSA) is 24.9 Å². The van der Waals surface area contributed by atoms with Crippen molar-refractivity contribution in [1.29, 1.82) is 0 Å². The maximum Gasteiger partial charge on any atom is 0.183 e. The number of anilines is 1. The number of nitrogens with zero attached hydrogens (tertiary/aromatic N) is 1. The van der Waals surface area contributed by atoms with E-state index in [1.807, 2.05) is 5.38 Å². The van der Waals surface area contributed by atoms with E-state index in [4.69, 9.17) is 0 Å². The molecule has 0 spiro atoms. The Kier molecular flexibility index (Phi) is 3.14. The molecule has 0 saturated heterocycles. The van der Waals surface area contributed by atoms with Crippen LogP contribution in [0.1, 0.15) is 18.5 Å². The Morgan fingerprint density at radius 2 is 2.19 bits per heavy atom.